The minimum Gasteiger partial charge on any atom is -0.411 e. The molecule has 0 aliphatic heterocycles. The smallest absolute Gasteiger partial charge is 0.0734 e. The van der Waals surface area contributed by atoms with Crippen LogP contribution in [-0.4, -0.2) is 46.0 Å². The Balaban J connectivity index is 4.30. The molecule has 20 heavy (non-hydrogen) atoms. The molecule has 0 heterocycles. The standard InChI is InChI=1S/C14H30N4O2/c1-10(8-15-13(4,5)11(2)17-19)9-16-14(6,7)12(3)18-20/h10,15-16,19-20H,8-9H2,1-7H3/b17-11-,18-12-. The molecule has 0 fully saturated rings. The monoisotopic (exact) mass is 286 g/mol. The van der Waals surface area contributed by atoms with Gasteiger partial charge in [0.1, 0.15) is 0 Å². The van der Waals surface area contributed by atoms with Crippen LogP contribution >= 0.6 is 0 Å². The van der Waals surface area contributed by atoms with Gasteiger partial charge in [0.25, 0.3) is 0 Å². The van der Waals surface area contributed by atoms with Crippen LogP contribution in [-0.2, 0) is 0 Å². The third-order valence-corrected chi connectivity index (χ3v) is 3.89. The van der Waals surface area contributed by atoms with E-state index < -0.39 is 0 Å². The number of rotatable bonds is 8. The predicted octanol–water partition coefficient (Wildman–Crippen LogP) is 2.06. The maximum Gasteiger partial charge on any atom is 0.0734 e. The van der Waals surface area contributed by atoms with E-state index in [9.17, 15) is 0 Å². The van der Waals surface area contributed by atoms with Crippen molar-refractivity contribution in [3.05, 3.63) is 0 Å². The van der Waals surface area contributed by atoms with Gasteiger partial charge in [0.2, 0.25) is 0 Å². The summed E-state index contributed by atoms with van der Waals surface area (Å²) in [5, 5.41) is 30.9. The molecule has 0 spiro atoms. The van der Waals surface area contributed by atoms with E-state index in [0.717, 1.165) is 13.1 Å². The molecule has 0 amide bonds. The highest BCUT2D eigenvalue weighted by Gasteiger charge is 2.24. The minimum atomic E-state index is -0.332. The van der Waals surface area contributed by atoms with Crippen LogP contribution in [0.3, 0.4) is 0 Å². The SMILES string of the molecule is C/C(=N/O)C(C)(C)NCC(C)CNC(C)(C)/C(C)=N\O. The third kappa shape index (κ3) is 5.88. The van der Waals surface area contributed by atoms with E-state index in [4.69, 9.17) is 10.4 Å². The van der Waals surface area contributed by atoms with E-state index in [-0.39, 0.29) is 11.1 Å². The molecule has 0 aromatic carbocycles. The Morgan fingerprint density at radius 3 is 1.45 bits per heavy atom. The predicted molar refractivity (Wildman–Crippen MR) is 83.1 cm³/mol. The molecule has 6 heteroatoms. The highest BCUT2D eigenvalue weighted by molar-refractivity contribution is 5.90. The summed E-state index contributed by atoms with van der Waals surface area (Å²) in [6.45, 7) is 15.2. The van der Waals surface area contributed by atoms with Gasteiger partial charge in [0.05, 0.1) is 22.5 Å². The maximum absolute atomic E-state index is 8.83. The molecule has 118 valence electrons. The lowest BCUT2D eigenvalue weighted by Crippen LogP contribution is -2.51. The third-order valence-electron chi connectivity index (χ3n) is 3.89. The summed E-state index contributed by atoms with van der Waals surface area (Å²) >= 11 is 0. The Hall–Kier alpha value is -1.14. The van der Waals surface area contributed by atoms with E-state index in [1.807, 2.05) is 27.7 Å². The fourth-order valence-corrected chi connectivity index (χ4v) is 1.44. The zero-order chi connectivity index (χ0) is 16.0. The van der Waals surface area contributed by atoms with Crippen molar-refractivity contribution >= 4 is 11.4 Å². The van der Waals surface area contributed by atoms with Crippen LogP contribution in [0.25, 0.3) is 0 Å². The normalized spacial score (nSPS) is 16.4. The van der Waals surface area contributed by atoms with Crippen molar-refractivity contribution < 1.29 is 10.4 Å². The molecule has 0 bridgehead atoms. The fraction of sp³-hybridized carbons (Fsp3) is 0.857. The molecule has 0 saturated carbocycles. The van der Waals surface area contributed by atoms with Gasteiger partial charge in [-0.05, 0) is 60.5 Å². The highest BCUT2D eigenvalue weighted by atomic mass is 16.4. The van der Waals surface area contributed by atoms with Crippen LogP contribution in [0.4, 0.5) is 0 Å². The molecule has 0 aromatic heterocycles. The van der Waals surface area contributed by atoms with Crippen molar-refractivity contribution in [3.63, 3.8) is 0 Å². The van der Waals surface area contributed by atoms with Gasteiger partial charge in [-0.25, -0.2) is 0 Å². The number of oxime groups is 2. The Labute approximate surface area is 122 Å². The van der Waals surface area contributed by atoms with Gasteiger partial charge < -0.3 is 21.0 Å². The summed E-state index contributed by atoms with van der Waals surface area (Å²) in [6, 6.07) is 0. The Bertz CT molecular complexity index is 328. The Morgan fingerprint density at radius 1 is 0.900 bits per heavy atom. The minimum absolute atomic E-state index is 0.332. The topological polar surface area (TPSA) is 89.2 Å². The van der Waals surface area contributed by atoms with Crippen molar-refractivity contribution in [1.82, 2.24) is 10.6 Å². The average Bonchev–Trinajstić information content (AvgIpc) is 2.40. The highest BCUT2D eigenvalue weighted by Crippen LogP contribution is 2.08. The van der Waals surface area contributed by atoms with Crippen molar-refractivity contribution in [3.8, 4) is 0 Å². The summed E-state index contributed by atoms with van der Waals surface area (Å²) < 4.78 is 0. The van der Waals surface area contributed by atoms with Crippen LogP contribution in [0.5, 0.6) is 0 Å². The first-order chi connectivity index (χ1) is 9.06. The molecule has 0 aliphatic rings. The van der Waals surface area contributed by atoms with Crippen molar-refractivity contribution in [2.45, 2.75) is 59.5 Å². The largest absolute Gasteiger partial charge is 0.411 e. The summed E-state index contributed by atoms with van der Waals surface area (Å²) in [4.78, 5) is 0. The molecule has 0 aromatic rings. The van der Waals surface area contributed by atoms with Crippen LogP contribution in [0.2, 0.25) is 0 Å². The fourth-order valence-electron chi connectivity index (χ4n) is 1.44. The Morgan fingerprint density at radius 2 is 1.20 bits per heavy atom. The number of hydrogen-bond acceptors (Lipinski definition) is 6. The van der Waals surface area contributed by atoms with Gasteiger partial charge in [0.15, 0.2) is 0 Å². The lowest BCUT2D eigenvalue weighted by atomic mass is 9.97. The average molecular weight is 286 g/mol. The van der Waals surface area contributed by atoms with Crippen LogP contribution in [0, 0.1) is 5.92 Å². The van der Waals surface area contributed by atoms with E-state index in [1.165, 1.54) is 0 Å². The van der Waals surface area contributed by atoms with Crippen LogP contribution < -0.4 is 10.6 Å². The molecular formula is C14H30N4O2. The van der Waals surface area contributed by atoms with E-state index in [1.54, 1.807) is 13.8 Å². The molecular weight excluding hydrogens is 256 g/mol. The molecule has 0 unspecified atom stereocenters. The second kappa shape index (κ2) is 7.59. The quantitative estimate of drug-likeness (QED) is 0.312. The van der Waals surface area contributed by atoms with E-state index in [0.29, 0.717) is 17.3 Å². The summed E-state index contributed by atoms with van der Waals surface area (Å²) in [7, 11) is 0. The second-order valence-electron chi connectivity index (χ2n) is 6.49. The molecule has 0 radical (unpaired) electrons. The van der Waals surface area contributed by atoms with Gasteiger partial charge in [-0.1, -0.05) is 17.2 Å². The maximum atomic E-state index is 8.83. The number of nitrogens with one attached hydrogen (secondary N) is 2. The number of hydrogen-bond donors (Lipinski definition) is 4. The van der Waals surface area contributed by atoms with Crippen LogP contribution in [0.15, 0.2) is 10.3 Å². The van der Waals surface area contributed by atoms with Crippen LogP contribution in [0.1, 0.15) is 48.5 Å². The van der Waals surface area contributed by atoms with E-state index >= 15 is 0 Å². The first-order valence-corrected chi connectivity index (χ1v) is 6.95. The van der Waals surface area contributed by atoms with Gasteiger partial charge in [-0.3, -0.25) is 0 Å². The van der Waals surface area contributed by atoms with Gasteiger partial charge in [-0.2, -0.15) is 0 Å². The van der Waals surface area contributed by atoms with Crippen molar-refractivity contribution in [2.75, 3.05) is 13.1 Å². The molecule has 0 atom stereocenters. The lowest BCUT2D eigenvalue weighted by Gasteiger charge is -2.30. The van der Waals surface area contributed by atoms with E-state index in [2.05, 4.69) is 27.9 Å². The summed E-state index contributed by atoms with van der Waals surface area (Å²) in [6.07, 6.45) is 0. The van der Waals surface area contributed by atoms with Gasteiger partial charge >= 0.3 is 0 Å². The molecule has 0 saturated heterocycles. The number of nitrogens with zero attached hydrogens (tertiary/aromatic N) is 2. The molecule has 4 N–H and O–H groups in total. The van der Waals surface area contributed by atoms with Gasteiger partial charge in [0, 0.05) is 0 Å². The first-order valence-electron chi connectivity index (χ1n) is 6.95. The van der Waals surface area contributed by atoms with Crippen molar-refractivity contribution in [1.29, 1.82) is 0 Å². The second-order valence-corrected chi connectivity index (χ2v) is 6.49. The van der Waals surface area contributed by atoms with Crippen molar-refractivity contribution in [2.24, 2.45) is 16.2 Å². The van der Waals surface area contributed by atoms with Gasteiger partial charge in [-0.15, -0.1) is 0 Å². The lowest BCUT2D eigenvalue weighted by molar-refractivity contribution is 0.305. The zero-order valence-electron chi connectivity index (χ0n) is 13.8. The molecule has 0 aliphatic carbocycles. The summed E-state index contributed by atoms with van der Waals surface area (Å²) in [5.74, 6) is 0.381. The molecule has 0 rings (SSSR count). The zero-order valence-corrected chi connectivity index (χ0v) is 13.8. The first kappa shape index (κ1) is 18.9. The summed E-state index contributed by atoms with van der Waals surface area (Å²) in [5.41, 5.74) is 0.643. The molecule has 6 nitrogen and oxygen atoms in total. The Kier molecular flexibility index (Phi) is 7.16.